The summed E-state index contributed by atoms with van der Waals surface area (Å²) >= 11 is 2.23. The van der Waals surface area contributed by atoms with Crippen LogP contribution in [0.5, 0.6) is 0 Å². The Labute approximate surface area is 203 Å². The van der Waals surface area contributed by atoms with Crippen LogP contribution in [0.15, 0.2) is 48.5 Å². The van der Waals surface area contributed by atoms with Gasteiger partial charge in [-0.3, -0.25) is 19.3 Å². The van der Waals surface area contributed by atoms with E-state index < -0.39 is 16.9 Å². The van der Waals surface area contributed by atoms with Crippen molar-refractivity contribution in [3.8, 4) is 0 Å². The fourth-order valence-electron chi connectivity index (χ4n) is 5.27. The molecule has 2 fully saturated rings. The van der Waals surface area contributed by atoms with E-state index in [-0.39, 0.29) is 30.1 Å². The molecule has 1 aliphatic carbocycles. The minimum atomic E-state index is -0.896. The van der Waals surface area contributed by atoms with Gasteiger partial charge in [-0.25, -0.2) is 0 Å². The van der Waals surface area contributed by atoms with Gasteiger partial charge in [0, 0.05) is 21.6 Å². The molecule has 2 bridgehead atoms. The highest BCUT2D eigenvalue weighted by atomic mass is 127. The number of benzene rings is 2. The number of rotatable bonds is 5. The third kappa shape index (κ3) is 3.66. The summed E-state index contributed by atoms with van der Waals surface area (Å²) in [7, 11) is 0. The molecule has 0 spiro atoms. The number of nitrogens with one attached hydrogen (secondary N) is 1. The van der Waals surface area contributed by atoms with Gasteiger partial charge in [0.1, 0.15) is 6.04 Å². The lowest BCUT2D eigenvalue weighted by molar-refractivity contribution is -0.172. The van der Waals surface area contributed by atoms with Crippen LogP contribution in [0.25, 0.3) is 0 Å². The van der Waals surface area contributed by atoms with Crippen molar-refractivity contribution in [2.45, 2.75) is 53.0 Å². The van der Waals surface area contributed by atoms with Gasteiger partial charge in [-0.15, -0.1) is 0 Å². The summed E-state index contributed by atoms with van der Waals surface area (Å²) in [5.41, 5.74) is 1.47. The van der Waals surface area contributed by atoms with E-state index in [1.54, 1.807) is 0 Å². The minimum absolute atomic E-state index is 0.217. The summed E-state index contributed by atoms with van der Waals surface area (Å²) in [6, 6.07) is 14.5. The van der Waals surface area contributed by atoms with E-state index in [1.807, 2.05) is 76.2 Å². The Balaban J connectivity index is 1.72. The lowest BCUT2D eigenvalue weighted by Crippen LogP contribution is -2.64. The van der Waals surface area contributed by atoms with Gasteiger partial charge in [0.25, 0.3) is 0 Å². The first-order chi connectivity index (χ1) is 15.1. The van der Waals surface area contributed by atoms with Gasteiger partial charge in [-0.1, -0.05) is 51.1 Å². The Morgan fingerprint density at radius 1 is 1.16 bits per heavy atom. The lowest BCUT2D eigenvalue weighted by atomic mass is 9.62. The van der Waals surface area contributed by atoms with Crippen LogP contribution < -0.4 is 5.32 Å². The summed E-state index contributed by atoms with van der Waals surface area (Å²) in [5, 5.41) is 2.99. The highest BCUT2D eigenvalue weighted by molar-refractivity contribution is 14.1. The molecule has 6 heteroatoms. The maximum Gasteiger partial charge on any atom is 0.248 e. The van der Waals surface area contributed by atoms with E-state index in [0.29, 0.717) is 18.5 Å². The van der Waals surface area contributed by atoms with Crippen molar-refractivity contribution in [3.63, 3.8) is 0 Å². The summed E-state index contributed by atoms with van der Waals surface area (Å²) in [4.78, 5) is 42.2. The number of anilines is 1. The molecule has 1 aliphatic heterocycles. The van der Waals surface area contributed by atoms with E-state index in [0.717, 1.165) is 14.7 Å². The first-order valence-electron chi connectivity index (χ1n) is 11.0. The number of amides is 3. The maximum absolute atomic E-state index is 13.8. The molecule has 1 heterocycles. The van der Waals surface area contributed by atoms with Crippen LogP contribution in [0.3, 0.4) is 0 Å². The van der Waals surface area contributed by atoms with Crippen LogP contribution in [0.1, 0.15) is 44.7 Å². The second-order valence-corrected chi connectivity index (χ2v) is 11.1. The molecule has 0 radical (unpaired) electrons. The van der Waals surface area contributed by atoms with Crippen LogP contribution in [0, 0.1) is 27.2 Å². The van der Waals surface area contributed by atoms with Crippen LogP contribution in [-0.4, -0.2) is 28.7 Å². The zero-order valence-electron chi connectivity index (χ0n) is 18.9. The number of halogens is 1. The zero-order chi connectivity index (χ0) is 23.3. The van der Waals surface area contributed by atoms with Gasteiger partial charge in [0.15, 0.2) is 0 Å². The number of hydrogen-bond donors (Lipinski definition) is 1. The topological polar surface area (TPSA) is 66.5 Å². The molecule has 0 aromatic heterocycles. The lowest BCUT2D eigenvalue weighted by Gasteiger charge is -2.49. The predicted molar refractivity (Wildman–Crippen MR) is 133 cm³/mol. The Morgan fingerprint density at radius 3 is 2.50 bits per heavy atom. The fourth-order valence-corrected chi connectivity index (χ4v) is 5.91. The van der Waals surface area contributed by atoms with Gasteiger partial charge < -0.3 is 5.32 Å². The summed E-state index contributed by atoms with van der Waals surface area (Å²) < 4.78 is 1.08. The number of carbonyl (C=O) groups is 3. The third-order valence-electron chi connectivity index (χ3n) is 7.79. The van der Waals surface area contributed by atoms with Crippen molar-refractivity contribution in [1.82, 2.24) is 4.90 Å². The molecule has 1 N–H and O–H groups in total. The van der Waals surface area contributed by atoms with Crippen LogP contribution in [0.2, 0.25) is 0 Å². The standard InChI is InChI=1S/C26H29IN2O3/c1-16-14-18(27)10-11-20(16)28-22(30)21(15-17-8-6-5-7-9-17)29-23(31)19-12-13-26(4,24(29)32)25(19,2)3/h5-11,14,19,21H,12-13,15H2,1-4H3,(H,28,30). The van der Waals surface area contributed by atoms with Crippen molar-refractivity contribution >= 4 is 46.0 Å². The van der Waals surface area contributed by atoms with E-state index in [4.69, 9.17) is 0 Å². The number of piperidine rings is 1. The largest absolute Gasteiger partial charge is 0.324 e. The fraction of sp³-hybridized carbons (Fsp3) is 0.423. The molecule has 4 rings (SSSR count). The monoisotopic (exact) mass is 544 g/mol. The van der Waals surface area contributed by atoms with Gasteiger partial charge in [0.05, 0.1) is 5.41 Å². The van der Waals surface area contributed by atoms with E-state index in [1.165, 1.54) is 4.90 Å². The Bertz CT molecular complexity index is 1080. The molecular formula is C26H29IN2O3. The minimum Gasteiger partial charge on any atom is -0.324 e. The number of carbonyl (C=O) groups excluding carboxylic acids is 3. The number of nitrogens with zero attached hydrogens (tertiary/aromatic N) is 1. The second kappa shape index (κ2) is 8.28. The number of fused-ring (bicyclic) bond motifs is 2. The average molecular weight is 544 g/mol. The zero-order valence-corrected chi connectivity index (χ0v) is 21.1. The molecule has 32 heavy (non-hydrogen) atoms. The van der Waals surface area contributed by atoms with Crippen LogP contribution >= 0.6 is 22.6 Å². The molecule has 3 amide bonds. The molecule has 2 aliphatic rings. The van der Waals surface area contributed by atoms with Crippen molar-refractivity contribution in [3.05, 3.63) is 63.2 Å². The van der Waals surface area contributed by atoms with Gasteiger partial charge in [-0.2, -0.15) is 0 Å². The van der Waals surface area contributed by atoms with E-state index in [9.17, 15) is 14.4 Å². The highest BCUT2D eigenvalue weighted by Gasteiger charge is 2.65. The summed E-state index contributed by atoms with van der Waals surface area (Å²) in [6.45, 7) is 7.92. The van der Waals surface area contributed by atoms with Crippen LogP contribution in [0.4, 0.5) is 5.69 Å². The first kappa shape index (κ1) is 23.0. The average Bonchev–Trinajstić information content (AvgIpc) is 2.93. The molecule has 3 atom stereocenters. The molecule has 5 nitrogen and oxygen atoms in total. The quantitative estimate of drug-likeness (QED) is 0.428. The van der Waals surface area contributed by atoms with Crippen LogP contribution in [-0.2, 0) is 20.8 Å². The van der Waals surface area contributed by atoms with Gasteiger partial charge >= 0.3 is 0 Å². The Hall–Kier alpha value is -2.22. The molecular weight excluding hydrogens is 515 g/mol. The maximum atomic E-state index is 13.8. The molecule has 3 unspecified atom stereocenters. The molecule has 1 saturated heterocycles. The molecule has 2 aromatic carbocycles. The van der Waals surface area contributed by atoms with Crippen molar-refractivity contribution in [2.24, 2.45) is 16.7 Å². The first-order valence-corrected chi connectivity index (χ1v) is 12.1. The molecule has 168 valence electrons. The molecule has 1 saturated carbocycles. The van der Waals surface area contributed by atoms with Gasteiger partial charge in [-0.05, 0) is 77.1 Å². The van der Waals surface area contributed by atoms with Crippen molar-refractivity contribution in [2.75, 3.05) is 5.32 Å². The molecule has 2 aromatic rings. The highest BCUT2D eigenvalue weighted by Crippen LogP contribution is 2.60. The number of imide groups is 1. The second-order valence-electron chi connectivity index (χ2n) is 9.81. The SMILES string of the molecule is Cc1cc(I)ccc1NC(=O)C(Cc1ccccc1)N1C(=O)C2CCC(C)(C1=O)C2(C)C. The normalized spacial score (nSPS) is 25.0. The summed E-state index contributed by atoms with van der Waals surface area (Å²) in [6.07, 6.45) is 1.64. The smallest absolute Gasteiger partial charge is 0.248 e. The summed E-state index contributed by atoms with van der Waals surface area (Å²) in [5.74, 6) is -1.03. The third-order valence-corrected chi connectivity index (χ3v) is 8.46. The predicted octanol–water partition coefficient (Wildman–Crippen LogP) is 4.96. The van der Waals surface area contributed by atoms with E-state index in [2.05, 4.69) is 27.9 Å². The Kier molecular flexibility index (Phi) is 5.94. The number of hydrogen-bond acceptors (Lipinski definition) is 3. The van der Waals surface area contributed by atoms with E-state index >= 15 is 0 Å². The number of likely N-dealkylation sites (tertiary alicyclic amines) is 1. The van der Waals surface area contributed by atoms with Gasteiger partial charge in [0.2, 0.25) is 17.7 Å². The van der Waals surface area contributed by atoms with Crippen molar-refractivity contribution in [1.29, 1.82) is 0 Å². The number of aryl methyl sites for hydroxylation is 1. The Morgan fingerprint density at radius 2 is 1.84 bits per heavy atom. The van der Waals surface area contributed by atoms with Crippen molar-refractivity contribution < 1.29 is 14.4 Å².